The molecule has 1 fully saturated rings. The number of piperazine rings is 1. The summed E-state index contributed by atoms with van der Waals surface area (Å²) in [5.74, 6) is 0.0455. The Bertz CT molecular complexity index is 681. The zero-order valence-corrected chi connectivity index (χ0v) is 11.7. The number of hydrogen-bond donors (Lipinski definition) is 2. The molecule has 1 amide bonds. The van der Waals surface area contributed by atoms with Crippen molar-refractivity contribution in [2.24, 2.45) is 0 Å². The Morgan fingerprint density at radius 2 is 2.15 bits per heavy atom. The molecule has 0 saturated carbocycles. The van der Waals surface area contributed by atoms with E-state index < -0.39 is 5.54 Å². The number of aromatic nitrogens is 1. The fraction of sp³-hybridized carbons (Fsp3) is 0.333. The predicted molar refractivity (Wildman–Crippen MR) is 80.6 cm³/mol. The third-order valence-electron chi connectivity index (χ3n) is 3.89. The molecule has 5 nitrogen and oxygen atoms in total. The number of carbonyl (C=O) groups is 1. The van der Waals surface area contributed by atoms with E-state index >= 15 is 0 Å². The molecule has 1 aliphatic heterocycles. The van der Waals surface area contributed by atoms with Crippen LogP contribution < -0.4 is 16.0 Å². The molecule has 2 heterocycles. The van der Waals surface area contributed by atoms with Crippen LogP contribution in [0.1, 0.15) is 13.8 Å². The highest BCUT2D eigenvalue weighted by Crippen LogP contribution is 2.32. The van der Waals surface area contributed by atoms with E-state index in [0.717, 1.165) is 23.1 Å². The van der Waals surface area contributed by atoms with Crippen molar-refractivity contribution < 1.29 is 4.79 Å². The van der Waals surface area contributed by atoms with Gasteiger partial charge >= 0.3 is 0 Å². The summed E-state index contributed by atoms with van der Waals surface area (Å²) in [4.78, 5) is 18.6. The molecule has 5 heteroatoms. The van der Waals surface area contributed by atoms with Crippen LogP contribution >= 0.6 is 0 Å². The Hall–Kier alpha value is -2.30. The van der Waals surface area contributed by atoms with Crippen molar-refractivity contribution in [1.82, 2.24) is 10.3 Å². The van der Waals surface area contributed by atoms with Crippen LogP contribution in [0.5, 0.6) is 0 Å². The van der Waals surface area contributed by atoms with E-state index in [1.54, 1.807) is 6.20 Å². The summed E-state index contributed by atoms with van der Waals surface area (Å²) >= 11 is 0. The van der Waals surface area contributed by atoms with Crippen molar-refractivity contribution in [1.29, 1.82) is 0 Å². The molecule has 3 rings (SSSR count). The van der Waals surface area contributed by atoms with E-state index in [1.807, 2.05) is 38.1 Å². The molecular weight excluding hydrogens is 252 g/mol. The fourth-order valence-corrected chi connectivity index (χ4v) is 2.71. The first-order chi connectivity index (χ1) is 9.50. The Morgan fingerprint density at radius 1 is 1.35 bits per heavy atom. The molecule has 104 valence electrons. The number of nitrogens with zero attached hydrogens (tertiary/aromatic N) is 2. The average Bonchev–Trinajstić information content (AvgIpc) is 2.41. The number of pyridine rings is 1. The van der Waals surface area contributed by atoms with Crippen molar-refractivity contribution in [3.8, 4) is 0 Å². The topological polar surface area (TPSA) is 71.2 Å². The number of benzene rings is 1. The lowest BCUT2D eigenvalue weighted by molar-refractivity contribution is -0.126. The number of nitrogens with one attached hydrogen (secondary N) is 1. The van der Waals surface area contributed by atoms with Gasteiger partial charge in [0.25, 0.3) is 0 Å². The first-order valence-corrected chi connectivity index (χ1v) is 6.70. The van der Waals surface area contributed by atoms with E-state index in [9.17, 15) is 4.79 Å². The summed E-state index contributed by atoms with van der Waals surface area (Å²) in [5.41, 5.74) is 7.80. The minimum Gasteiger partial charge on any atom is -0.399 e. The summed E-state index contributed by atoms with van der Waals surface area (Å²) in [5, 5.41) is 3.93. The minimum absolute atomic E-state index is 0.0455. The van der Waals surface area contributed by atoms with Gasteiger partial charge in [-0.3, -0.25) is 9.78 Å². The van der Waals surface area contributed by atoms with E-state index in [-0.39, 0.29) is 5.91 Å². The zero-order chi connectivity index (χ0) is 14.3. The van der Waals surface area contributed by atoms with Gasteiger partial charge in [0.15, 0.2) is 0 Å². The SMILES string of the molecule is CC1(C)C(=O)NCCN1c1ccnc2cc(N)ccc12. The number of anilines is 2. The number of hydrogen-bond acceptors (Lipinski definition) is 4. The lowest BCUT2D eigenvalue weighted by Crippen LogP contribution is -2.62. The first-order valence-electron chi connectivity index (χ1n) is 6.70. The van der Waals surface area contributed by atoms with Crippen molar-refractivity contribution in [2.75, 3.05) is 23.7 Å². The number of rotatable bonds is 1. The average molecular weight is 270 g/mol. The Kier molecular flexibility index (Phi) is 2.78. The van der Waals surface area contributed by atoms with E-state index in [1.165, 1.54) is 0 Å². The molecule has 0 unspecified atom stereocenters. The van der Waals surface area contributed by atoms with Crippen LogP contribution in [0.25, 0.3) is 10.9 Å². The van der Waals surface area contributed by atoms with Crippen LogP contribution in [-0.4, -0.2) is 29.5 Å². The van der Waals surface area contributed by atoms with E-state index in [0.29, 0.717) is 12.2 Å². The number of nitrogen functional groups attached to an aromatic ring is 1. The van der Waals surface area contributed by atoms with Gasteiger partial charge in [-0.05, 0) is 38.1 Å². The summed E-state index contributed by atoms with van der Waals surface area (Å²) in [6, 6.07) is 7.65. The van der Waals surface area contributed by atoms with Gasteiger partial charge in [0, 0.05) is 36.0 Å². The molecule has 0 bridgehead atoms. The lowest BCUT2D eigenvalue weighted by atomic mass is 9.97. The van der Waals surface area contributed by atoms with Crippen LogP contribution in [0.3, 0.4) is 0 Å². The Morgan fingerprint density at radius 3 is 2.95 bits per heavy atom. The Balaban J connectivity index is 2.16. The highest BCUT2D eigenvalue weighted by Gasteiger charge is 2.38. The highest BCUT2D eigenvalue weighted by molar-refractivity contribution is 5.97. The molecule has 20 heavy (non-hydrogen) atoms. The monoisotopic (exact) mass is 270 g/mol. The van der Waals surface area contributed by atoms with Gasteiger partial charge in [-0.25, -0.2) is 0 Å². The second-order valence-electron chi connectivity index (χ2n) is 5.57. The maximum atomic E-state index is 12.1. The molecule has 0 atom stereocenters. The Labute approximate surface area is 117 Å². The first kappa shape index (κ1) is 12.7. The molecule has 1 aromatic heterocycles. The van der Waals surface area contributed by atoms with Crippen molar-refractivity contribution >= 4 is 28.2 Å². The van der Waals surface area contributed by atoms with Crippen LogP contribution in [0.4, 0.5) is 11.4 Å². The second kappa shape index (κ2) is 4.37. The minimum atomic E-state index is -0.575. The number of nitrogens with two attached hydrogens (primary N) is 1. The van der Waals surface area contributed by atoms with Gasteiger partial charge in [0.1, 0.15) is 5.54 Å². The van der Waals surface area contributed by atoms with Crippen LogP contribution in [0.2, 0.25) is 0 Å². The lowest BCUT2D eigenvalue weighted by Gasteiger charge is -2.43. The normalized spacial score (nSPS) is 18.1. The van der Waals surface area contributed by atoms with Gasteiger partial charge in [-0.1, -0.05) is 0 Å². The molecular formula is C15H18N4O. The van der Waals surface area contributed by atoms with Gasteiger partial charge in [0.05, 0.1) is 5.52 Å². The van der Waals surface area contributed by atoms with Gasteiger partial charge in [-0.2, -0.15) is 0 Å². The number of carbonyl (C=O) groups excluding carboxylic acids is 1. The molecule has 0 radical (unpaired) electrons. The third-order valence-corrected chi connectivity index (χ3v) is 3.89. The van der Waals surface area contributed by atoms with Crippen LogP contribution in [0, 0.1) is 0 Å². The smallest absolute Gasteiger partial charge is 0.245 e. The van der Waals surface area contributed by atoms with Crippen molar-refractivity contribution in [3.05, 3.63) is 30.5 Å². The second-order valence-corrected chi connectivity index (χ2v) is 5.57. The quantitative estimate of drug-likeness (QED) is 0.771. The summed E-state index contributed by atoms with van der Waals surface area (Å²) in [6.45, 7) is 5.30. The highest BCUT2D eigenvalue weighted by atomic mass is 16.2. The van der Waals surface area contributed by atoms with Crippen LogP contribution in [0.15, 0.2) is 30.5 Å². The summed E-state index contributed by atoms with van der Waals surface area (Å²) < 4.78 is 0. The van der Waals surface area contributed by atoms with Crippen LogP contribution in [-0.2, 0) is 4.79 Å². The molecule has 2 aromatic rings. The largest absolute Gasteiger partial charge is 0.399 e. The van der Waals surface area contributed by atoms with Gasteiger partial charge in [0.2, 0.25) is 5.91 Å². The number of fused-ring (bicyclic) bond motifs is 1. The van der Waals surface area contributed by atoms with E-state index in [4.69, 9.17) is 5.73 Å². The van der Waals surface area contributed by atoms with Crippen molar-refractivity contribution in [3.63, 3.8) is 0 Å². The van der Waals surface area contributed by atoms with E-state index in [2.05, 4.69) is 15.2 Å². The van der Waals surface area contributed by atoms with Gasteiger partial charge in [-0.15, -0.1) is 0 Å². The molecule has 1 aliphatic rings. The predicted octanol–water partition coefficient (Wildman–Crippen LogP) is 1.53. The third kappa shape index (κ3) is 1.86. The maximum Gasteiger partial charge on any atom is 0.245 e. The molecule has 0 aliphatic carbocycles. The molecule has 0 spiro atoms. The fourth-order valence-electron chi connectivity index (χ4n) is 2.71. The summed E-state index contributed by atoms with van der Waals surface area (Å²) in [7, 11) is 0. The standard InChI is InChI=1S/C15H18N4O/c1-15(2)14(20)18-7-8-19(15)13-5-6-17-12-9-10(16)3-4-11(12)13/h3-6,9H,7-8,16H2,1-2H3,(H,18,20). The number of amides is 1. The molecule has 1 aromatic carbocycles. The molecule has 3 N–H and O–H groups in total. The van der Waals surface area contributed by atoms with Crippen molar-refractivity contribution in [2.45, 2.75) is 19.4 Å². The maximum absolute atomic E-state index is 12.1. The zero-order valence-electron chi connectivity index (χ0n) is 11.7. The summed E-state index contributed by atoms with van der Waals surface area (Å²) in [6.07, 6.45) is 1.76. The van der Waals surface area contributed by atoms with Gasteiger partial charge < -0.3 is 16.0 Å². The molecule has 1 saturated heterocycles.